The minimum atomic E-state index is -0.713. The molecule has 2 aromatic rings. The fourth-order valence-corrected chi connectivity index (χ4v) is 3.40. The standard InChI is InChI=1S/C19H22O/c1-14-7-3-4-8-16(14)13-19(20)12-11-15(2)17-9-5-6-10-18(17)19/h3-10,15,20H,11-13H2,1-2H3. The number of benzene rings is 2. The molecule has 2 atom stereocenters. The summed E-state index contributed by atoms with van der Waals surface area (Å²) < 4.78 is 0. The van der Waals surface area contributed by atoms with Crippen LogP contribution in [0.2, 0.25) is 0 Å². The van der Waals surface area contributed by atoms with Gasteiger partial charge in [-0.1, -0.05) is 55.5 Å². The summed E-state index contributed by atoms with van der Waals surface area (Å²) in [6.45, 7) is 4.38. The molecule has 1 heteroatoms. The monoisotopic (exact) mass is 266 g/mol. The molecule has 0 aliphatic heterocycles. The summed E-state index contributed by atoms with van der Waals surface area (Å²) in [5, 5.41) is 11.2. The first-order valence-corrected chi connectivity index (χ1v) is 7.46. The highest BCUT2D eigenvalue weighted by atomic mass is 16.3. The Morgan fingerprint density at radius 1 is 1.10 bits per heavy atom. The van der Waals surface area contributed by atoms with Crippen molar-refractivity contribution in [2.75, 3.05) is 0 Å². The normalized spacial score (nSPS) is 25.2. The molecule has 20 heavy (non-hydrogen) atoms. The van der Waals surface area contributed by atoms with E-state index in [1.165, 1.54) is 16.7 Å². The molecule has 2 unspecified atom stereocenters. The van der Waals surface area contributed by atoms with Gasteiger partial charge in [-0.2, -0.15) is 0 Å². The van der Waals surface area contributed by atoms with Gasteiger partial charge < -0.3 is 5.11 Å². The van der Waals surface area contributed by atoms with Crippen LogP contribution in [0.25, 0.3) is 0 Å². The van der Waals surface area contributed by atoms with Crippen molar-refractivity contribution in [1.29, 1.82) is 0 Å². The first-order chi connectivity index (χ1) is 9.60. The molecule has 3 rings (SSSR count). The van der Waals surface area contributed by atoms with Gasteiger partial charge in [0.05, 0.1) is 5.60 Å². The van der Waals surface area contributed by atoms with Crippen LogP contribution in [0.5, 0.6) is 0 Å². The van der Waals surface area contributed by atoms with E-state index < -0.39 is 5.60 Å². The minimum Gasteiger partial charge on any atom is -0.385 e. The summed E-state index contributed by atoms with van der Waals surface area (Å²) in [6, 6.07) is 16.8. The summed E-state index contributed by atoms with van der Waals surface area (Å²) in [7, 11) is 0. The fourth-order valence-electron chi connectivity index (χ4n) is 3.40. The van der Waals surface area contributed by atoms with E-state index in [0.29, 0.717) is 12.3 Å². The summed E-state index contributed by atoms with van der Waals surface area (Å²) in [4.78, 5) is 0. The van der Waals surface area contributed by atoms with Crippen molar-refractivity contribution >= 4 is 0 Å². The number of hydrogen-bond donors (Lipinski definition) is 1. The average Bonchev–Trinajstić information content (AvgIpc) is 2.46. The molecule has 0 amide bonds. The maximum atomic E-state index is 11.2. The zero-order valence-corrected chi connectivity index (χ0v) is 12.3. The van der Waals surface area contributed by atoms with Crippen LogP contribution in [0.3, 0.4) is 0 Å². The van der Waals surface area contributed by atoms with E-state index in [4.69, 9.17) is 0 Å². The Hall–Kier alpha value is -1.60. The van der Waals surface area contributed by atoms with Gasteiger partial charge in [-0.3, -0.25) is 0 Å². The maximum absolute atomic E-state index is 11.2. The highest BCUT2D eigenvalue weighted by molar-refractivity contribution is 5.39. The molecule has 2 aromatic carbocycles. The second-order valence-electron chi connectivity index (χ2n) is 6.16. The lowest BCUT2D eigenvalue weighted by Gasteiger charge is -2.37. The molecular weight excluding hydrogens is 244 g/mol. The van der Waals surface area contributed by atoms with E-state index in [0.717, 1.165) is 18.4 Å². The molecule has 104 valence electrons. The first-order valence-electron chi connectivity index (χ1n) is 7.46. The van der Waals surface area contributed by atoms with E-state index in [1.807, 2.05) is 6.07 Å². The zero-order chi connectivity index (χ0) is 14.2. The summed E-state index contributed by atoms with van der Waals surface area (Å²) in [5.74, 6) is 0.545. The summed E-state index contributed by atoms with van der Waals surface area (Å²) in [6.07, 6.45) is 2.61. The van der Waals surface area contributed by atoms with E-state index in [1.54, 1.807) is 0 Å². The van der Waals surface area contributed by atoms with E-state index in [-0.39, 0.29) is 0 Å². The zero-order valence-electron chi connectivity index (χ0n) is 12.3. The lowest BCUT2D eigenvalue weighted by Crippen LogP contribution is -2.34. The van der Waals surface area contributed by atoms with Crippen LogP contribution in [0.15, 0.2) is 48.5 Å². The van der Waals surface area contributed by atoms with Crippen molar-refractivity contribution in [3.05, 3.63) is 70.8 Å². The predicted molar refractivity (Wildman–Crippen MR) is 82.9 cm³/mol. The van der Waals surface area contributed by atoms with Gasteiger partial charge >= 0.3 is 0 Å². The molecule has 1 N–H and O–H groups in total. The van der Waals surface area contributed by atoms with Crippen LogP contribution < -0.4 is 0 Å². The van der Waals surface area contributed by atoms with Gasteiger partial charge in [0.15, 0.2) is 0 Å². The van der Waals surface area contributed by atoms with Crippen molar-refractivity contribution in [3.63, 3.8) is 0 Å². The molecule has 0 fully saturated rings. The first kappa shape index (κ1) is 13.4. The van der Waals surface area contributed by atoms with Gasteiger partial charge in [0.2, 0.25) is 0 Å². The molecule has 0 saturated carbocycles. The van der Waals surface area contributed by atoms with Crippen molar-refractivity contribution in [3.8, 4) is 0 Å². The molecule has 0 radical (unpaired) electrons. The third-order valence-electron chi connectivity index (χ3n) is 4.73. The number of hydrogen-bond acceptors (Lipinski definition) is 1. The van der Waals surface area contributed by atoms with Crippen LogP contribution in [-0.2, 0) is 12.0 Å². The van der Waals surface area contributed by atoms with Crippen LogP contribution in [-0.4, -0.2) is 5.11 Å². The third-order valence-corrected chi connectivity index (χ3v) is 4.73. The van der Waals surface area contributed by atoms with Gasteiger partial charge in [-0.05, 0) is 47.9 Å². The van der Waals surface area contributed by atoms with Crippen LogP contribution >= 0.6 is 0 Å². The predicted octanol–water partition coefficient (Wildman–Crippen LogP) is 4.32. The van der Waals surface area contributed by atoms with Crippen LogP contribution in [0, 0.1) is 6.92 Å². The molecule has 1 aliphatic rings. The second kappa shape index (κ2) is 5.06. The lowest BCUT2D eigenvalue weighted by atomic mass is 9.72. The van der Waals surface area contributed by atoms with Crippen molar-refractivity contribution < 1.29 is 5.11 Å². The maximum Gasteiger partial charge on any atom is 0.0939 e. The Morgan fingerprint density at radius 2 is 1.80 bits per heavy atom. The number of aliphatic hydroxyl groups is 1. The molecule has 0 aromatic heterocycles. The third kappa shape index (κ3) is 2.27. The highest BCUT2D eigenvalue weighted by Crippen LogP contribution is 2.43. The van der Waals surface area contributed by atoms with Gasteiger partial charge in [-0.15, -0.1) is 0 Å². The SMILES string of the molecule is Cc1ccccc1CC1(O)CCC(C)c2ccccc21. The molecular formula is C19H22O. The molecule has 0 saturated heterocycles. The number of rotatable bonds is 2. The van der Waals surface area contributed by atoms with Gasteiger partial charge in [0.1, 0.15) is 0 Å². The molecule has 0 heterocycles. The minimum absolute atomic E-state index is 0.545. The molecule has 0 spiro atoms. The summed E-state index contributed by atoms with van der Waals surface area (Å²) >= 11 is 0. The largest absolute Gasteiger partial charge is 0.385 e. The highest BCUT2D eigenvalue weighted by Gasteiger charge is 2.36. The van der Waals surface area contributed by atoms with Crippen molar-refractivity contribution in [2.24, 2.45) is 0 Å². The quantitative estimate of drug-likeness (QED) is 0.858. The Morgan fingerprint density at radius 3 is 2.60 bits per heavy atom. The Labute approximate surface area is 121 Å². The average molecular weight is 266 g/mol. The van der Waals surface area contributed by atoms with Gasteiger partial charge in [0.25, 0.3) is 0 Å². The Bertz CT molecular complexity index is 617. The molecule has 0 bridgehead atoms. The Balaban J connectivity index is 2.01. The van der Waals surface area contributed by atoms with Crippen LogP contribution in [0.4, 0.5) is 0 Å². The van der Waals surface area contributed by atoms with E-state index in [2.05, 4.69) is 56.3 Å². The molecule has 1 nitrogen and oxygen atoms in total. The topological polar surface area (TPSA) is 20.2 Å². The Kier molecular flexibility index (Phi) is 3.39. The second-order valence-corrected chi connectivity index (χ2v) is 6.16. The number of aryl methyl sites for hydroxylation is 1. The summed E-state index contributed by atoms with van der Waals surface area (Å²) in [5.41, 5.74) is 4.24. The van der Waals surface area contributed by atoms with E-state index in [9.17, 15) is 5.11 Å². The van der Waals surface area contributed by atoms with Crippen molar-refractivity contribution in [1.82, 2.24) is 0 Å². The van der Waals surface area contributed by atoms with E-state index >= 15 is 0 Å². The van der Waals surface area contributed by atoms with Gasteiger partial charge in [0, 0.05) is 6.42 Å². The number of fused-ring (bicyclic) bond motifs is 1. The molecule has 1 aliphatic carbocycles. The van der Waals surface area contributed by atoms with Crippen LogP contribution in [0.1, 0.15) is 47.9 Å². The lowest BCUT2D eigenvalue weighted by molar-refractivity contribution is 0.0158. The van der Waals surface area contributed by atoms with Gasteiger partial charge in [-0.25, -0.2) is 0 Å². The van der Waals surface area contributed by atoms with Crippen molar-refractivity contribution in [2.45, 2.75) is 44.6 Å². The fraction of sp³-hybridized carbons (Fsp3) is 0.368. The smallest absolute Gasteiger partial charge is 0.0939 e.